The monoisotopic (exact) mass is 373 g/mol. The van der Waals surface area contributed by atoms with Gasteiger partial charge in [-0.2, -0.15) is 0 Å². The Morgan fingerprint density at radius 1 is 0.821 bits per heavy atom. The number of amides is 2. The van der Waals surface area contributed by atoms with Crippen LogP contribution in [-0.4, -0.2) is 37.4 Å². The summed E-state index contributed by atoms with van der Waals surface area (Å²) < 4.78 is 0. The molecule has 0 atom stereocenters. The first-order chi connectivity index (χ1) is 13.5. The van der Waals surface area contributed by atoms with Gasteiger partial charge < -0.3 is 15.5 Å². The molecule has 0 saturated heterocycles. The van der Waals surface area contributed by atoms with Crippen molar-refractivity contribution in [3.63, 3.8) is 0 Å². The van der Waals surface area contributed by atoms with Gasteiger partial charge in [0, 0.05) is 36.6 Å². The van der Waals surface area contributed by atoms with E-state index in [0.717, 1.165) is 16.8 Å². The van der Waals surface area contributed by atoms with Crippen LogP contribution in [0.25, 0.3) is 11.1 Å². The number of para-hydroxylation sites is 1. The Morgan fingerprint density at radius 2 is 1.46 bits per heavy atom. The molecule has 3 aromatic carbocycles. The van der Waals surface area contributed by atoms with Crippen molar-refractivity contribution in [3.8, 4) is 11.1 Å². The second kappa shape index (κ2) is 8.86. The third-order valence-corrected chi connectivity index (χ3v) is 4.27. The molecule has 5 nitrogen and oxygen atoms in total. The topological polar surface area (TPSA) is 61.4 Å². The highest BCUT2D eigenvalue weighted by Crippen LogP contribution is 2.27. The zero-order chi connectivity index (χ0) is 19.9. The van der Waals surface area contributed by atoms with Crippen LogP contribution < -0.4 is 10.6 Å². The molecule has 0 aliphatic heterocycles. The van der Waals surface area contributed by atoms with Crippen molar-refractivity contribution in [2.45, 2.75) is 0 Å². The van der Waals surface area contributed by atoms with E-state index in [2.05, 4.69) is 10.6 Å². The van der Waals surface area contributed by atoms with Gasteiger partial charge in [0.2, 0.25) is 5.91 Å². The molecule has 3 rings (SSSR count). The first-order valence-electron chi connectivity index (χ1n) is 9.04. The zero-order valence-corrected chi connectivity index (χ0v) is 16.0. The summed E-state index contributed by atoms with van der Waals surface area (Å²) in [6.45, 7) is 0.141. The quantitative estimate of drug-likeness (QED) is 0.684. The third-order valence-electron chi connectivity index (χ3n) is 4.27. The summed E-state index contributed by atoms with van der Waals surface area (Å²) >= 11 is 0. The van der Waals surface area contributed by atoms with Crippen molar-refractivity contribution >= 4 is 23.2 Å². The van der Waals surface area contributed by atoms with Crippen LogP contribution in [0.2, 0.25) is 0 Å². The number of nitrogens with zero attached hydrogens (tertiary/aromatic N) is 1. The van der Waals surface area contributed by atoms with Gasteiger partial charge in [-0.1, -0.05) is 48.5 Å². The molecular formula is C23H23N3O2. The van der Waals surface area contributed by atoms with Gasteiger partial charge in [-0.25, -0.2) is 0 Å². The van der Waals surface area contributed by atoms with Gasteiger partial charge >= 0.3 is 0 Å². The molecule has 0 bridgehead atoms. The molecule has 0 aliphatic rings. The second-order valence-electron chi connectivity index (χ2n) is 6.59. The standard InChI is InChI=1S/C23H23N3O2/c1-26(2)23(28)18-12-14-19(15-13-18)25-22(27)16-24-21-11-7-6-10-20(21)17-8-4-3-5-9-17/h3-15,24H,16H2,1-2H3,(H,25,27). The molecule has 2 amide bonds. The number of nitrogens with one attached hydrogen (secondary N) is 2. The summed E-state index contributed by atoms with van der Waals surface area (Å²) in [5, 5.41) is 6.04. The number of carbonyl (C=O) groups excluding carboxylic acids is 2. The van der Waals surface area contributed by atoms with E-state index in [1.54, 1.807) is 38.4 Å². The zero-order valence-electron chi connectivity index (χ0n) is 16.0. The third kappa shape index (κ3) is 4.76. The Bertz CT molecular complexity index is 951. The van der Waals surface area contributed by atoms with Crippen LogP contribution in [0.15, 0.2) is 78.9 Å². The van der Waals surface area contributed by atoms with Gasteiger partial charge in [0.25, 0.3) is 5.91 Å². The lowest BCUT2D eigenvalue weighted by Crippen LogP contribution is -2.23. The average Bonchev–Trinajstić information content (AvgIpc) is 2.73. The Hall–Kier alpha value is -3.60. The molecule has 0 fully saturated rings. The Balaban J connectivity index is 1.62. The molecule has 0 unspecified atom stereocenters. The molecule has 0 radical (unpaired) electrons. The molecule has 0 aromatic heterocycles. The van der Waals surface area contributed by atoms with Gasteiger partial charge in [-0.3, -0.25) is 9.59 Å². The van der Waals surface area contributed by atoms with Gasteiger partial charge in [-0.15, -0.1) is 0 Å². The predicted octanol–water partition coefficient (Wildman–Crippen LogP) is 4.11. The molecule has 5 heteroatoms. The van der Waals surface area contributed by atoms with E-state index in [4.69, 9.17) is 0 Å². The lowest BCUT2D eigenvalue weighted by Gasteiger charge is -2.13. The molecule has 28 heavy (non-hydrogen) atoms. The number of hydrogen-bond acceptors (Lipinski definition) is 3. The molecule has 0 aliphatic carbocycles. The smallest absolute Gasteiger partial charge is 0.253 e. The first kappa shape index (κ1) is 19.2. The summed E-state index contributed by atoms with van der Waals surface area (Å²) in [6, 6.07) is 24.8. The molecule has 0 saturated carbocycles. The highest BCUT2D eigenvalue weighted by molar-refractivity contribution is 5.96. The summed E-state index contributed by atoms with van der Waals surface area (Å²) in [4.78, 5) is 25.7. The van der Waals surface area contributed by atoms with Crippen LogP contribution in [-0.2, 0) is 4.79 Å². The Morgan fingerprint density at radius 3 is 2.14 bits per heavy atom. The molecule has 142 valence electrons. The highest BCUT2D eigenvalue weighted by Gasteiger charge is 2.09. The fraction of sp³-hybridized carbons (Fsp3) is 0.130. The molecular weight excluding hydrogens is 350 g/mol. The van der Waals surface area contributed by atoms with Crippen molar-refractivity contribution in [1.82, 2.24) is 4.90 Å². The maximum atomic E-state index is 12.3. The largest absolute Gasteiger partial charge is 0.376 e. The summed E-state index contributed by atoms with van der Waals surface area (Å²) in [5.74, 6) is -0.230. The van der Waals surface area contributed by atoms with Crippen LogP contribution in [0.4, 0.5) is 11.4 Å². The summed E-state index contributed by atoms with van der Waals surface area (Å²) in [5.41, 5.74) is 4.27. The fourth-order valence-corrected chi connectivity index (χ4v) is 2.84. The van der Waals surface area contributed by atoms with Gasteiger partial charge in [0.15, 0.2) is 0 Å². The van der Waals surface area contributed by atoms with Crippen molar-refractivity contribution in [2.75, 3.05) is 31.3 Å². The number of hydrogen-bond donors (Lipinski definition) is 2. The minimum Gasteiger partial charge on any atom is -0.376 e. The number of rotatable bonds is 6. The van der Waals surface area contributed by atoms with E-state index < -0.39 is 0 Å². The van der Waals surface area contributed by atoms with E-state index in [1.165, 1.54) is 4.90 Å². The maximum absolute atomic E-state index is 12.3. The number of benzene rings is 3. The summed E-state index contributed by atoms with van der Waals surface area (Å²) in [7, 11) is 3.41. The fourth-order valence-electron chi connectivity index (χ4n) is 2.84. The van der Waals surface area contributed by atoms with Crippen LogP contribution >= 0.6 is 0 Å². The lowest BCUT2D eigenvalue weighted by atomic mass is 10.0. The number of carbonyl (C=O) groups is 2. The van der Waals surface area contributed by atoms with E-state index in [9.17, 15) is 9.59 Å². The molecule has 3 aromatic rings. The minimum absolute atomic E-state index is 0.0722. The molecule has 2 N–H and O–H groups in total. The van der Waals surface area contributed by atoms with Crippen LogP contribution in [0, 0.1) is 0 Å². The van der Waals surface area contributed by atoms with Gasteiger partial charge in [0.1, 0.15) is 0 Å². The van der Waals surface area contributed by atoms with Crippen molar-refractivity contribution in [1.29, 1.82) is 0 Å². The van der Waals surface area contributed by atoms with Crippen molar-refractivity contribution in [2.24, 2.45) is 0 Å². The van der Waals surface area contributed by atoms with E-state index in [1.807, 2.05) is 54.6 Å². The maximum Gasteiger partial charge on any atom is 0.253 e. The summed E-state index contributed by atoms with van der Waals surface area (Å²) in [6.07, 6.45) is 0. The van der Waals surface area contributed by atoms with Crippen LogP contribution in [0.5, 0.6) is 0 Å². The van der Waals surface area contributed by atoms with Gasteiger partial charge in [0.05, 0.1) is 6.54 Å². The van der Waals surface area contributed by atoms with E-state index in [-0.39, 0.29) is 18.4 Å². The Labute approximate surface area is 165 Å². The van der Waals surface area contributed by atoms with Crippen LogP contribution in [0.1, 0.15) is 10.4 Å². The van der Waals surface area contributed by atoms with E-state index >= 15 is 0 Å². The average molecular weight is 373 g/mol. The second-order valence-corrected chi connectivity index (χ2v) is 6.59. The normalized spacial score (nSPS) is 10.2. The first-order valence-corrected chi connectivity index (χ1v) is 9.04. The minimum atomic E-state index is -0.158. The lowest BCUT2D eigenvalue weighted by molar-refractivity contribution is -0.114. The highest BCUT2D eigenvalue weighted by atomic mass is 16.2. The van der Waals surface area contributed by atoms with Crippen molar-refractivity contribution in [3.05, 3.63) is 84.4 Å². The van der Waals surface area contributed by atoms with Crippen molar-refractivity contribution < 1.29 is 9.59 Å². The van der Waals surface area contributed by atoms with Crippen LogP contribution in [0.3, 0.4) is 0 Å². The molecule has 0 heterocycles. The predicted molar refractivity (Wildman–Crippen MR) is 113 cm³/mol. The number of anilines is 2. The van der Waals surface area contributed by atoms with E-state index in [0.29, 0.717) is 11.3 Å². The Kier molecular flexibility index (Phi) is 6.07. The SMILES string of the molecule is CN(C)C(=O)c1ccc(NC(=O)CNc2ccccc2-c2ccccc2)cc1. The molecule has 0 spiro atoms. The van der Waals surface area contributed by atoms with Gasteiger partial charge in [-0.05, 0) is 35.9 Å².